The van der Waals surface area contributed by atoms with Gasteiger partial charge < -0.3 is 15.1 Å². The van der Waals surface area contributed by atoms with E-state index in [1.807, 2.05) is 18.2 Å². The molecule has 1 aliphatic rings. The van der Waals surface area contributed by atoms with Gasteiger partial charge in [0, 0.05) is 36.5 Å². The second-order valence-corrected chi connectivity index (χ2v) is 7.49. The number of furan rings is 1. The summed E-state index contributed by atoms with van der Waals surface area (Å²) in [6.45, 7) is 2.34. The van der Waals surface area contributed by atoms with Gasteiger partial charge in [-0.3, -0.25) is 0 Å². The number of hydrogen-bond acceptors (Lipinski definition) is 5. The molecule has 4 aromatic rings. The van der Waals surface area contributed by atoms with E-state index in [2.05, 4.69) is 58.5 Å². The lowest BCUT2D eigenvalue weighted by molar-refractivity contribution is 0.295. The normalized spacial score (nSPS) is 17.0. The molecule has 5 heteroatoms. The Labute approximate surface area is 163 Å². The van der Waals surface area contributed by atoms with Crippen molar-refractivity contribution in [1.29, 1.82) is 0 Å². The van der Waals surface area contributed by atoms with Crippen LogP contribution in [0.25, 0.3) is 22.2 Å². The number of hydrogen-bond donors (Lipinski definition) is 1. The topological polar surface area (TPSA) is 68.2 Å². The lowest BCUT2D eigenvalue weighted by Crippen LogP contribution is -2.31. The molecule has 2 aromatic carbocycles. The Kier molecular flexibility index (Phi) is 4.19. The average Bonchev–Trinajstić information content (AvgIpc) is 3.20. The largest absolute Gasteiger partial charge is 0.464 e. The van der Waals surface area contributed by atoms with Crippen molar-refractivity contribution in [3.63, 3.8) is 0 Å². The summed E-state index contributed by atoms with van der Waals surface area (Å²) in [5.74, 6) is 0.341. The standard InChI is InChI=1S/C23H22N4O/c1-27-13-18-11-16(22-6-4-19(12-24)25-26-22)2-5-20(18)21(14-27)15-3-7-23-17(10-15)8-9-28-23/h2-11,21H,12-14,24H2,1H3. The Morgan fingerprint density at radius 1 is 1.07 bits per heavy atom. The van der Waals surface area contributed by atoms with Gasteiger partial charge in [0.05, 0.1) is 17.7 Å². The van der Waals surface area contributed by atoms with Crippen LogP contribution in [0.15, 0.2) is 65.3 Å². The van der Waals surface area contributed by atoms with Crippen LogP contribution < -0.4 is 5.73 Å². The minimum Gasteiger partial charge on any atom is -0.464 e. The molecule has 28 heavy (non-hydrogen) atoms. The van der Waals surface area contributed by atoms with E-state index in [1.54, 1.807) is 6.26 Å². The molecule has 2 aromatic heterocycles. The maximum Gasteiger partial charge on any atom is 0.133 e. The summed E-state index contributed by atoms with van der Waals surface area (Å²) in [6, 6.07) is 19.1. The molecule has 0 fully saturated rings. The Bertz CT molecular complexity index is 1130. The highest BCUT2D eigenvalue weighted by Crippen LogP contribution is 2.36. The highest BCUT2D eigenvalue weighted by molar-refractivity contribution is 5.78. The number of aromatic nitrogens is 2. The summed E-state index contributed by atoms with van der Waals surface area (Å²) in [5.41, 5.74) is 13.4. The summed E-state index contributed by atoms with van der Waals surface area (Å²) >= 11 is 0. The van der Waals surface area contributed by atoms with E-state index in [0.717, 1.165) is 41.0 Å². The van der Waals surface area contributed by atoms with Gasteiger partial charge >= 0.3 is 0 Å². The first-order chi connectivity index (χ1) is 13.7. The number of nitrogens with two attached hydrogens (primary N) is 1. The number of likely N-dealkylation sites (N-methyl/N-ethyl adjacent to an activating group) is 1. The van der Waals surface area contributed by atoms with Gasteiger partial charge in [-0.05, 0) is 60.1 Å². The van der Waals surface area contributed by atoms with Gasteiger partial charge in [-0.1, -0.05) is 18.2 Å². The van der Waals surface area contributed by atoms with Crippen molar-refractivity contribution in [2.75, 3.05) is 13.6 Å². The minimum atomic E-state index is 0.341. The van der Waals surface area contributed by atoms with Crippen molar-refractivity contribution in [2.45, 2.75) is 19.0 Å². The van der Waals surface area contributed by atoms with Gasteiger partial charge in [0.15, 0.2) is 0 Å². The third-order valence-electron chi connectivity index (χ3n) is 5.56. The van der Waals surface area contributed by atoms with E-state index >= 15 is 0 Å². The first-order valence-corrected chi connectivity index (χ1v) is 9.53. The maximum absolute atomic E-state index is 5.63. The molecule has 0 aliphatic carbocycles. The fourth-order valence-corrected chi connectivity index (χ4v) is 4.12. The van der Waals surface area contributed by atoms with Crippen molar-refractivity contribution in [1.82, 2.24) is 15.1 Å². The highest BCUT2D eigenvalue weighted by Gasteiger charge is 2.25. The van der Waals surface area contributed by atoms with Crippen LogP contribution in [-0.2, 0) is 13.1 Å². The number of rotatable bonds is 3. The van der Waals surface area contributed by atoms with E-state index in [4.69, 9.17) is 10.2 Å². The first-order valence-electron chi connectivity index (χ1n) is 9.53. The van der Waals surface area contributed by atoms with Gasteiger partial charge in [0.25, 0.3) is 0 Å². The van der Waals surface area contributed by atoms with E-state index in [-0.39, 0.29) is 0 Å². The van der Waals surface area contributed by atoms with Crippen LogP contribution in [0.5, 0.6) is 0 Å². The number of benzene rings is 2. The van der Waals surface area contributed by atoms with Gasteiger partial charge in [-0.2, -0.15) is 10.2 Å². The summed E-state index contributed by atoms with van der Waals surface area (Å²) in [4.78, 5) is 2.37. The van der Waals surface area contributed by atoms with E-state index in [9.17, 15) is 0 Å². The number of nitrogens with zero attached hydrogens (tertiary/aromatic N) is 3. The van der Waals surface area contributed by atoms with E-state index < -0.39 is 0 Å². The summed E-state index contributed by atoms with van der Waals surface area (Å²) < 4.78 is 5.50. The molecule has 1 atom stereocenters. The zero-order valence-corrected chi connectivity index (χ0v) is 15.8. The fraction of sp³-hybridized carbons (Fsp3) is 0.217. The second-order valence-electron chi connectivity index (χ2n) is 7.49. The number of fused-ring (bicyclic) bond motifs is 2. The van der Waals surface area contributed by atoms with Crippen molar-refractivity contribution in [3.05, 3.63) is 83.2 Å². The molecule has 1 aliphatic heterocycles. The summed E-state index contributed by atoms with van der Waals surface area (Å²) in [5, 5.41) is 9.68. The van der Waals surface area contributed by atoms with Crippen LogP contribution in [0.3, 0.4) is 0 Å². The minimum absolute atomic E-state index is 0.341. The zero-order chi connectivity index (χ0) is 19.1. The van der Waals surface area contributed by atoms with Crippen LogP contribution >= 0.6 is 0 Å². The van der Waals surface area contributed by atoms with Crippen LogP contribution in [0, 0.1) is 0 Å². The van der Waals surface area contributed by atoms with Crippen molar-refractivity contribution in [2.24, 2.45) is 5.73 Å². The molecule has 5 rings (SSSR count). The lowest BCUT2D eigenvalue weighted by Gasteiger charge is -2.33. The van der Waals surface area contributed by atoms with Gasteiger partial charge in [-0.25, -0.2) is 0 Å². The molecule has 0 saturated heterocycles. The van der Waals surface area contributed by atoms with Gasteiger partial charge in [0.1, 0.15) is 5.58 Å². The molecule has 0 amide bonds. The van der Waals surface area contributed by atoms with Crippen LogP contribution in [0.1, 0.15) is 28.3 Å². The van der Waals surface area contributed by atoms with Crippen molar-refractivity contribution in [3.8, 4) is 11.3 Å². The molecule has 3 heterocycles. The van der Waals surface area contributed by atoms with Crippen LogP contribution in [0.2, 0.25) is 0 Å². The van der Waals surface area contributed by atoms with Crippen molar-refractivity contribution < 1.29 is 4.42 Å². The molecular formula is C23H22N4O. The molecule has 0 radical (unpaired) electrons. The molecule has 0 spiro atoms. The van der Waals surface area contributed by atoms with Gasteiger partial charge in [-0.15, -0.1) is 0 Å². The van der Waals surface area contributed by atoms with Crippen LogP contribution in [-0.4, -0.2) is 28.7 Å². The predicted octanol–water partition coefficient (Wildman–Crippen LogP) is 3.93. The average molecular weight is 370 g/mol. The zero-order valence-electron chi connectivity index (χ0n) is 15.8. The predicted molar refractivity (Wildman–Crippen MR) is 110 cm³/mol. The highest BCUT2D eigenvalue weighted by atomic mass is 16.3. The third kappa shape index (κ3) is 2.99. The second kappa shape index (κ2) is 6.86. The van der Waals surface area contributed by atoms with Gasteiger partial charge in [0.2, 0.25) is 0 Å². The van der Waals surface area contributed by atoms with Crippen LogP contribution in [0.4, 0.5) is 0 Å². The molecule has 5 nitrogen and oxygen atoms in total. The van der Waals surface area contributed by atoms with Crippen molar-refractivity contribution >= 4 is 11.0 Å². The maximum atomic E-state index is 5.63. The quantitative estimate of drug-likeness (QED) is 0.592. The smallest absolute Gasteiger partial charge is 0.133 e. The molecule has 2 N–H and O–H groups in total. The first kappa shape index (κ1) is 17.1. The molecule has 140 valence electrons. The fourth-order valence-electron chi connectivity index (χ4n) is 4.12. The summed E-state index contributed by atoms with van der Waals surface area (Å²) in [7, 11) is 2.18. The Morgan fingerprint density at radius 3 is 2.82 bits per heavy atom. The molecule has 1 unspecified atom stereocenters. The SMILES string of the molecule is CN1Cc2cc(-c3ccc(CN)nn3)ccc2C(c2ccc3occc3c2)C1. The Morgan fingerprint density at radius 2 is 2.00 bits per heavy atom. The molecular weight excluding hydrogens is 348 g/mol. The monoisotopic (exact) mass is 370 g/mol. The lowest BCUT2D eigenvalue weighted by atomic mass is 9.83. The van der Waals surface area contributed by atoms with E-state index in [0.29, 0.717) is 12.5 Å². The molecule has 0 bridgehead atoms. The Balaban J connectivity index is 1.54. The molecule has 0 saturated carbocycles. The van der Waals surface area contributed by atoms with E-state index in [1.165, 1.54) is 16.7 Å². The summed E-state index contributed by atoms with van der Waals surface area (Å²) in [6.07, 6.45) is 1.75. The Hall–Kier alpha value is -3.02. The third-order valence-corrected chi connectivity index (χ3v) is 5.56.